The molecule has 0 aromatic carbocycles. The molecule has 0 saturated carbocycles. The van der Waals surface area contributed by atoms with Gasteiger partial charge in [-0.3, -0.25) is 0 Å². The molecule has 2 rings (SSSR count). The molecule has 1 fully saturated rings. The number of anilines is 1. The van der Waals surface area contributed by atoms with Gasteiger partial charge in [-0.05, 0) is 12.5 Å². The Kier molecular flexibility index (Phi) is 2.35. The third kappa shape index (κ3) is 1.69. The summed E-state index contributed by atoms with van der Waals surface area (Å²) in [5, 5.41) is 9.91. The van der Waals surface area contributed by atoms with E-state index in [1.54, 1.807) is 18.5 Å². The quantitative estimate of drug-likeness (QED) is 0.656. The molecule has 1 aromatic heterocycles. The van der Waals surface area contributed by atoms with Crippen LogP contribution >= 0.6 is 0 Å². The number of hydrogen-bond donors (Lipinski definition) is 2. The molecule has 0 radical (unpaired) electrons. The largest absolute Gasteiger partial charge is 0.387 e. The molecule has 1 aliphatic heterocycles. The minimum atomic E-state index is -0.765. The normalized spacial score (nSPS) is 26.9. The van der Waals surface area contributed by atoms with E-state index >= 15 is 0 Å². The van der Waals surface area contributed by atoms with Gasteiger partial charge in [0.1, 0.15) is 0 Å². The van der Waals surface area contributed by atoms with Crippen LogP contribution in [0.3, 0.4) is 0 Å². The van der Waals surface area contributed by atoms with Crippen molar-refractivity contribution in [1.29, 1.82) is 0 Å². The minimum Gasteiger partial charge on any atom is -0.387 e. The fraction of sp³-hybridized carbons (Fsp3) is 0.556. The van der Waals surface area contributed by atoms with Crippen LogP contribution in [0.1, 0.15) is 6.42 Å². The van der Waals surface area contributed by atoms with Crippen molar-refractivity contribution < 1.29 is 5.11 Å². The molecule has 5 heteroatoms. The maximum Gasteiger partial charge on any atom is 0.225 e. The van der Waals surface area contributed by atoms with Gasteiger partial charge < -0.3 is 15.7 Å². The Labute approximate surface area is 82.6 Å². The zero-order chi connectivity index (χ0) is 10.0. The molecular weight excluding hydrogens is 180 g/mol. The van der Waals surface area contributed by atoms with Gasteiger partial charge in [-0.2, -0.15) is 0 Å². The minimum absolute atomic E-state index is 0.288. The van der Waals surface area contributed by atoms with Crippen LogP contribution in [0.25, 0.3) is 0 Å². The molecule has 0 aliphatic carbocycles. The Balaban J connectivity index is 2.10. The summed E-state index contributed by atoms with van der Waals surface area (Å²) in [5.41, 5.74) is 4.73. The summed E-state index contributed by atoms with van der Waals surface area (Å²) < 4.78 is 0. The lowest BCUT2D eigenvalue weighted by Crippen LogP contribution is -2.40. The van der Waals surface area contributed by atoms with E-state index in [0.717, 1.165) is 6.54 Å². The molecule has 2 heterocycles. The van der Waals surface area contributed by atoms with Crippen LogP contribution in [0.4, 0.5) is 5.95 Å². The van der Waals surface area contributed by atoms with Gasteiger partial charge >= 0.3 is 0 Å². The number of aliphatic hydroxyl groups is 1. The maximum absolute atomic E-state index is 9.91. The van der Waals surface area contributed by atoms with Crippen LogP contribution in [0.5, 0.6) is 0 Å². The topological polar surface area (TPSA) is 75.3 Å². The Morgan fingerprint density at radius 2 is 2.21 bits per heavy atom. The van der Waals surface area contributed by atoms with Crippen molar-refractivity contribution in [3.05, 3.63) is 18.5 Å². The van der Waals surface area contributed by atoms with E-state index < -0.39 is 5.60 Å². The fourth-order valence-corrected chi connectivity index (χ4v) is 1.65. The van der Waals surface area contributed by atoms with Gasteiger partial charge in [0.05, 0.1) is 12.1 Å². The van der Waals surface area contributed by atoms with Gasteiger partial charge in [0.25, 0.3) is 0 Å². The summed E-state index contributed by atoms with van der Waals surface area (Å²) in [5.74, 6) is 0.664. The first kappa shape index (κ1) is 9.36. The second-order valence-corrected chi connectivity index (χ2v) is 3.65. The maximum atomic E-state index is 9.91. The number of aromatic nitrogens is 2. The van der Waals surface area contributed by atoms with Crippen LogP contribution in [-0.2, 0) is 0 Å². The molecule has 1 aromatic rings. The third-order valence-electron chi connectivity index (χ3n) is 2.55. The van der Waals surface area contributed by atoms with E-state index in [9.17, 15) is 5.11 Å². The second-order valence-electron chi connectivity index (χ2n) is 3.65. The highest BCUT2D eigenvalue weighted by Gasteiger charge is 2.35. The van der Waals surface area contributed by atoms with E-state index in [0.29, 0.717) is 18.9 Å². The van der Waals surface area contributed by atoms with Gasteiger partial charge in [0, 0.05) is 25.5 Å². The van der Waals surface area contributed by atoms with Gasteiger partial charge in [0.2, 0.25) is 5.95 Å². The van der Waals surface area contributed by atoms with Crippen LogP contribution in [-0.4, -0.2) is 40.3 Å². The van der Waals surface area contributed by atoms with Crippen LogP contribution in [0.15, 0.2) is 18.5 Å². The zero-order valence-corrected chi connectivity index (χ0v) is 7.93. The van der Waals surface area contributed by atoms with Crippen molar-refractivity contribution >= 4 is 5.95 Å². The Bertz CT molecular complexity index is 305. The number of rotatable bonds is 2. The molecule has 1 aliphatic rings. The summed E-state index contributed by atoms with van der Waals surface area (Å²) in [4.78, 5) is 10.2. The molecule has 1 unspecified atom stereocenters. The van der Waals surface area contributed by atoms with Gasteiger partial charge in [0.15, 0.2) is 0 Å². The number of nitrogens with zero attached hydrogens (tertiary/aromatic N) is 3. The van der Waals surface area contributed by atoms with Crippen LogP contribution < -0.4 is 10.6 Å². The molecule has 0 amide bonds. The van der Waals surface area contributed by atoms with E-state index in [1.165, 1.54) is 0 Å². The third-order valence-corrected chi connectivity index (χ3v) is 2.55. The lowest BCUT2D eigenvalue weighted by atomic mass is 10.0. The predicted octanol–water partition coefficient (Wildman–Crippen LogP) is -0.624. The first-order chi connectivity index (χ1) is 6.73. The molecule has 1 saturated heterocycles. The van der Waals surface area contributed by atoms with Gasteiger partial charge in [-0.1, -0.05) is 0 Å². The highest BCUT2D eigenvalue weighted by Crippen LogP contribution is 2.22. The van der Waals surface area contributed by atoms with E-state index in [4.69, 9.17) is 5.73 Å². The van der Waals surface area contributed by atoms with Crippen molar-refractivity contribution in [2.24, 2.45) is 5.73 Å². The molecule has 0 bridgehead atoms. The predicted molar refractivity (Wildman–Crippen MR) is 52.9 cm³/mol. The Hall–Kier alpha value is -1.20. The summed E-state index contributed by atoms with van der Waals surface area (Å²) in [6.07, 6.45) is 4.08. The summed E-state index contributed by atoms with van der Waals surface area (Å²) in [6.45, 7) is 1.57. The molecule has 76 valence electrons. The van der Waals surface area contributed by atoms with Crippen molar-refractivity contribution in [3.8, 4) is 0 Å². The van der Waals surface area contributed by atoms with Crippen molar-refractivity contribution in [2.75, 3.05) is 24.5 Å². The van der Waals surface area contributed by atoms with E-state index in [1.807, 2.05) is 4.90 Å². The van der Waals surface area contributed by atoms with Gasteiger partial charge in [-0.25, -0.2) is 9.97 Å². The molecule has 1 atom stereocenters. The van der Waals surface area contributed by atoms with E-state index in [-0.39, 0.29) is 6.54 Å². The number of nitrogens with two attached hydrogens (primary N) is 1. The molecular formula is C9H14N4O. The second kappa shape index (κ2) is 3.51. The van der Waals surface area contributed by atoms with E-state index in [2.05, 4.69) is 9.97 Å². The highest BCUT2D eigenvalue weighted by molar-refractivity contribution is 5.32. The monoisotopic (exact) mass is 194 g/mol. The van der Waals surface area contributed by atoms with Crippen LogP contribution in [0.2, 0.25) is 0 Å². The van der Waals surface area contributed by atoms with Gasteiger partial charge in [-0.15, -0.1) is 0 Å². The Morgan fingerprint density at radius 1 is 1.50 bits per heavy atom. The van der Waals surface area contributed by atoms with Crippen molar-refractivity contribution in [1.82, 2.24) is 9.97 Å². The first-order valence-corrected chi connectivity index (χ1v) is 4.68. The summed E-state index contributed by atoms with van der Waals surface area (Å²) in [7, 11) is 0. The molecule has 14 heavy (non-hydrogen) atoms. The molecule has 0 spiro atoms. The average Bonchev–Trinajstić information content (AvgIpc) is 2.63. The fourth-order valence-electron chi connectivity index (χ4n) is 1.65. The average molecular weight is 194 g/mol. The summed E-state index contributed by atoms with van der Waals surface area (Å²) >= 11 is 0. The molecule has 5 nitrogen and oxygen atoms in total. The SMILES string of the molecule is NCC1(O)CCN(c2ncccn2)C1. The number of β-amino-alcohol motifs (C(OH)–C–C–N with tert-alkyl or cyclic N) is 1. The van der Waals surface area contributed by atoms with Crippen LogP contribution in [0, 0.1) is 0 Å². The lowest BCUT2D eigenvalue weighted by molar-refractivity contribution is 0.0725. The first-order valence-electron chi connectivity index (χ1n) is 4.68. The van der Waals surface area contributed by atoms with Crippen molar-refractivity contribution in [3.63, 3.8) is 0 Å². The smallest absolute Gasteiger partial charge is 0.225 e. The number of hydrogen-bond acceptors (Lipinski definition) is 5. The summed E-state index contributed by atoms with van der Waals surface area (Å²) in [6, 6.07) is 1.77. The molecule has 3 N–H and O–H groups in total. The Morgan fingerprint density at radius 3 is 2.79 bits per heavy atom. The lowest BCUT2D eigenvalue weighted by Gasteiger charge is -2.21. The standard InChI is InChI=1S/C9H14N4O/c10-6-9(14)2-5-13(7-9)8-11-3-1-4-12-8/h1,3-4,14H,2,5-7,10H2. The highest BCUT2D eigenvalue weighted by atomic mass is 16.3. The van der Waals surface area contributed by atoms with Crippen molar-refractivity contribution in [2.45, 2.75) is 12.0 Å². The zero-order valence-electron chi connectivity index (χ0n) is 7.93.